The minimum Gasteiger partial charge on any atom is -0.493 e. The van der Waals surface area contributed by atoms with E-state index in [0.29, 0.717) is 39.5 Å². The highest BCUT2D eigenvalue weighted by Gasteiger charge is 2.24. The average molecular weight is 1830 g/mol. The van der Waals surface area contributed by atoms with E-state index < -0.39 is 0 Å². The van der Waals surface area contributed by atoms with E-state index in [-0.39, 0.29) is 50.1 Å². The second kappa shape index (κ2) is 56.3. The molecule has 8 heteroatoms. The lowest BCUT2D eigenvalue weighted by molar-refractivity contribution is 0.103. The van der Waals surface area contributed by atoms with Crippen molar-refractivity contribution >= 4 is 34.8 Å². The first-order valence-electron chi connectivity index (χ1n) is 47.4. The van der Waals surface area contributed by atoms with E-state index in [1.54, 1.807) is 0 Å². The Morgan fingerprint density at radius 3 is 1.03 bits per heavy atom. The number of rotatable bonds is 16. The van der Waals surface area contributed by atoms with Crippen LogP contribution in [0.25, 0.3) is 0 Å². The molecule has 0 aromatic heterocycles. The van der Waals surface area contributed by atoms with Crippen LogP contribution in [-0.2, 0) is 30.1 Å². The molecule has 0 amide bonds. The smallest absolute Gasteiger partial charge is 0.138 e. The van der Waals surface area contributed by atoms with E-state index in [2.05, 4.69) is 428 Å². The summed E-state index contributed by atoms with van der Waals surface area (Å²) in [6.07, 6.45) is 7.75. The SMILES string of the molecule is CC(C)(C)CCc1ccccc1.CC(Oc1ccccc1Cl)C(C)(C)C.Cc1ccc(C(C)(C)C)cc1.Cc1ccc(CCC(C)(C)C)cc1.Cc1ccc(OCC(C)(C)C)c(C)c1.Cc1ccc(OCC(C)(C)C)c(Cl)c1.Cc1ccc(OCC(C)(C)C)cc1Cl.Cc1cccc(C(C)(C)C)c1.Cc1cccc(CCC(C)(C)C)c1.Cc1cccc(OC(C)C(C)(C)C)c1. The standard InChI is InChI=1S/2C13H20O.2C13H20.3C12H17ClO.C12H18.2C11H16/c1-10-6-7-12(11(2)8-10)14-9-13(3,4)5;1-10-7-6-8-12(9-10)14-11(2)13(3,4)5;1-11-5-7-12(8-6-11)9-10-13(2,3)4;1-11-6-5-7-12(10-11)8-9-13(2,3)4;1-9-5-6-10(7-11(9)13)14-8-12(2,3)4;1-9-5-6-11(10(13)7-9)14-8-12(2,3)4;1-9(12(2,3)4)14-11-8-6-5-7-10(11)13;1-12(2,3)10-9-11-7-5-4-6-8-11;1-9-5-7-10(8-6-9)11(2,3)4;1-9-6-5-7-10(8-9)11(2,3)4/h6-8H,9H2,1-5H3;6-9,11H,1-5H3;5-8H,9-10H2,1-4H3;5-7,10H,8-9H2,1-4H3;2*5-7H,8H2,1-4H3;5-9H,1-4H3;4-8H,9-10H2,1-3H3;2*5-8H,1-4H3. The van der Waals surface area contributed by atoms with Gasteiger partial charge in [0.1, 0.15) is 41.0 Å². The lowest BCUT2D eigenvalue weighted by Gasteiger charge is -2.28. The van der Waals surface area contributed by atoms with Crippen molar-refractivity contribution in [1.29, 1.82) is 0 Å². The molecule has 0 saturated heterocycles. The van der Waals surface area contributed by atoms with Gasteiger partial charge in [0.2, 0.25) is 0 Å². The molecular weight excluding hydrogens is 1650 g/mol. The van der Waals surface area contributed by atoms with Crippen LogP contribution in [-0.4, -0.2) is 32.0 Å². The zero-order chi connectivity index (χ0) is 99.6. The zero-order valence-corrected chi connectivity index (χ0v) is 91.9. The number of hydrogen-bond donors (Lipinski definition) is 0. The molecule has 0 radical (unpaired) electrons. The normalized spacial score (nSPS) is 12.1. The second-order valence-corrected chi connectivity index (χ2v) is 48.3. The maximum absolute atomic E-state index is 6.03. The van der Waals surface area contributed by atoms with Gasteiger partial charge in [-0.05, 0) is 274 Å². The van der Waals surface area contributed by atoms with Gasteiger partial charge in [-0.3, -0.25) is 0 Å². The van der Waals surface area contributed by atoms with Gasteiger partial charge in [0.05, 0.1) is 29.9 Å². The van der Waals surface area contributed by atoms with E-state index in [1.165, 1.54) is 105 Å². The molecule has 0 aliphatic rings. The molecule has 0 aliphatic carbocycles. The summed E-state index contributed by atoms with van der Waals surface area (Å²) in [5, 5.41) is 2.12. The molecule has 0 bridgehead atoms. The molecule has 10 aromatic rings. The van der Waals surface area contributed by atoms with Crippen LogP contribution < -0.4 is 23.7 Å². The Labute approximate surface area is 813 Å². The van der Waals surface area contributed by atoms with Crippen LogP contribution in [0.2, 0.25) is 15.1 Å². The fourth-order valence-electron chi connectivity index (χ4n) is 11.2. The number of ether oxygens (including phenoxy) is 5. The monoisotopic (exact) mass is 1830 g/mol. The van der Waals surface area contributed by atoms with Crippen LogP contribution in [0.3, 0.4) is 0 Å². The Morgan fingerprint density at radius 2 is 0.615 bits per heavy atom. The van der Waals surface area contributed by atoms with Crippen LogP contribution in [0.15, 0.2) is 231 Å². The Bertz CT molecular complexity index is 4680. The summed E-state index contributed by atoms with van der Waals surface area (Å²) in [4.78, 5) is 0. The van der Waals surface area contributed by atoms with Gasteiger partial charge in [-0.15, -0.1) is 0 Å². The second-order valence-electron chi connectivity index (χ2n) is 47.0. The van der Waals surface area contributed by atoms with E-state index >= 15 is 0 Å². The molecule has 130 heavy (non-hydrogen) atoms. The number of para-hydroxylation sites is 1. The molecule has 0 spiro atoms. The number of benzene rings is 10. The van der Waals surface area contributed by atoms with Crippen molar-refractivity contribution in [2.45, 2.75) is 345 Å². The van der Waals surface area contributed by atoms with Crippen molar-refractivity contribution in [3.05, 3.63) is 323 Å². The molecule has 720 valence electrons. The van der Waals surface area contributed by atoms with Crippen LogP contribution in [0.1, 0.15) is 319 Å². The highest BCUT2D eigenvalue weighted by Crippen LogP contribution is 2.34. The van der Waals surface area contributed by atoms with Crippen molar-refractivity contribution < 1.29 is 23.7 Å². The zero-order valence-electron chi connectivity index (χ0n) is 89.6. The molecule has 5 nitrogen and oxygen atoms in total. The third kappa shape index (κ3) is 60.3. The Kier molecular flexibility index (Phi) is 52.0. The van der Waals surface area contributed by atoms with Gasteiger partial charge >= 0.3 is 0 Å². The largest absolute Gasteiger partial charge is 0.493 e. The Balaban J connectivity index is 0.000000723. The van der Waals surface area contributed by atoms with E-state index in [4.69, 9.17) is 58.5 Å². The topological polar surface area (TPSA) is 46.2 Å². The third-order valence-electron chi connectivity index (χ3n) is 20.8. The molecular formula is C122H181Cl3O5. The third-order valence-corrected chi connectivity index (χ3v) is 21.8. The van der Waals surface area contributed by atoms with Crippen molar-refractivity contribution in [3.8, 4) is 28.7 Å². The predicted octanol–water partition coefficient (Wildman–Crippen LogP) is 38.0. The van der Waals surface area contributed by atoms with Gasteiger partial charge in [-0.1, -0.05) is 446 Å². The fraction of sp³-hybridized carbons (Fsp3) is 0.508. The lowest BCUT2D eigenvalue weighted by Crippen LogP contribution is -2.28. The predicted molar refractivity (Wildman–Crippen MR) is 577 cm³/mol. The first-order chi connectivity index (χ1) is 59.5. The number of aryl methyl sites for hydroxylation is 12. The first-order valence-corrected chi connectivity index (χ1v) is 48.5. The maximum Gasteiger partial charge on any atom is 0.138 e. The van der Waals surface area contributed by atoms with Gasteiger partial charge in [0.15, 0.2) is 0 Å². The van der Waals surface area contributed by atoms with Crippen LogP contribution in [0.4, 0.5) is 0 Å². The average Bonchev–Trinajstić information content (AvgIpc) is 0.866. The highest BCUT2D eigenvalue weighted by atomic mass is 35.5. The minimum atomic E-state index is 0.124. The van der Waals surface area contributed by atoms with Crippen LogP contribution in [0.5, 0.6) is 28.7 Å². The van der Waals surface area contributed by atoms with E-state index in [9.17, 15) is 0 Å². The van der Waals surface area contributed by atoms with Gasteiger partial charge < -0.3 is 23.7 Å². The fourth-order valence-corrected chi connectivity index (χ4v) is 11.8. The molecule has 10 aromatic carbocycles. The van der Waals surface area contributed by atoms with Crippen LogP contribution >= 0.6 is 34.8 Å². The summed E-state index contributed by atoms with van der Waals surface area (Å²) in [5.41, 5.74) is 21.3. The molecule has 2 atom stereocenters. The van der Waals surface area contributed by atoms with Crippen molar-refractivity contribution in [1.82, 2.24) is 0 Å². The quantitative estimate of drug-likeness (QED) is 0.0965. The number of hydrogen-bond acceptors (Lipinski definition) is 5. The summed E-state index contributed by atoms with van der Waals surface area (Å²) in [6, 6.07) is 79.5. The number of halogens is 3. The summed E-state index contributed by atoms with van der Waals surface area (Å²) in [7, 11) is 0. The summed E-state index contributed by atoms with van der Waals surface area (Å²) in [6.45, 7) is 91.5. The van der Waals surface area contributed by atoms with Gasteiger partial charge in [-0.25, -0.2) is 0 Å². The van der Waals surface area contributed by atoms with E-state index in [0.717, 1.165) is 51.5 Å². The molecule has 0 N–H and O–H groups in total. The summed E-state index contributed by atoms with van der Waals surface area (Å²) < 4.78 is 28.6. The first kappa shape index (κ1) is 120. The maximum atomic E-state index is 6.03. The minimum absolute atomic E-state index is 0.124. The van der Waals surface area contributed by atoms with Crippen LogP contribution in [0, 0.1) is 106 Å². The van der Waals surface area contributed by atoms with Crippen molar-refractivity contribution in [3.63, 3.8) is 0 Å². The molecule has 0 saturated carbocycles. The molecule has 0 aliphatic heterocycles. The Morgan fingerprint density at radius 1 is 0.238 bits per heavy atom. The lowest BCUT2D eigenvalue weighted by atomic mass is 9.86. The van der Waals surface area contributed by atoms with Gasteiger partial charge in [0.25, 0.3) is 0 Å². The summed E-state index contributed by atoms with van der Waals surface area (Å²) in [5.74, 6) is 4.34. The molecule has 0 fully saturated rings. The van der Waals surface area contributed by atoms with Gasteiger partial charge in [0, 0.05) is 5.02 Å². The van der Waals surface area contributed by atoms with Gasteiger partial charge in [-0.2, -0.15) is 0 Å². The summed E-state index contributed by atoms with van der Waals surface area (Å²) >= 11 is 18.0. The molecule has 10 rings (SSSR count). The molecule has 2 unspecified atom stereocenters. The highest BCUT2D eigenvalue weighted by molar-refractivity contribution is 6.32. The van der Waals surface area contributed by atoms with E-state index in [1.807, 2.05) is 86.6 Å². The van der Waals surface area contributed by atoms with Crippen molar-refractivity contribution in [2.24, 2.45) is 43.3 Å². The van der Waals surface area contributed by atoms with Crippen molar-refractivity contribution in [2.75, 3.05) is 19.8 Å². The molecule has 0 heterocycles. The Hall–Kier alpha value is -7.93.